The molecular formula is C26H43BrO3Si. The van der Waals surface area contributed by atoms with E-state index < -0.39 is 8.32 Å². The smallest absolute Gasteiger partial charge is 0.192 e. The zero-order valence-electron chi connectivity index (χ0n) is 20.8. The number of fused-ring (bicyclic) bond motifs is 3. The van der Waals surface area contributed by atoms with Gasteiger partial charge in [-0.05, 0) is 78.8 Å². The third kappa shape index (κ3) is 4.73. The fraction of sp³-hybridized carbons (Fsp3) is 0.769. The minimum atomic E-state index is -1.83. The molecule has 0 aromatic rings. The van der Waals surface area contributed by atoms with E-state index in [1.54, 1.807) is 7.11 Å². The zero-order valence-corrected chi connectivity index (χ0v) is 23.4. The summed E-state index contributed by atoms with van der Waals surface area (Å²) < 4.78 is 19.7. The highest BCUT2D eigenvalue weighted by atomic mass is 79.9. The van der Waals surface area contributed by atoms with Crippen LogP contribution < -0.4 is 0 Å². The molecule has 0 radical (unpaired) electrons. The van der Waals surface area contributed by atoms with Gasteiger partial charge in [-0.3, -0.25) is 0 Å². The van der Waals surface area contributed by atoms with Crippen LogP contribution in [0.4, 0.5) is 0 Å². The van der Waals surface area contributed by atoms with Gasteiger partial charge in [-0.15, -0.1) is 0 Å². The van der Waals surface area contributed by atoms with Crippen LogP contribution in [0.1, 0.15) is 59.8 Å². The van der Waals surface area contributed by atoms with Crippen LogP contribution in [0.25, 0.3) is 0 Å². The maximum Gasteiger partial charge on any atom is 0.192 e. The average molecular weight is 512 g/mol. The molecule has 3 rings (SSSR count). The number of methoxy groups -OCH3 is 1. The highest BCUT2D eigenvalue weighted by Crippen LogP contribution is 2.64. The van der Waals surface area contributed by atoms with Gasteiger partial charge >= 0.3 is 0 Å². The van der Waals surface area contributed by atoms with Crippen molar-refractivity contribution in [3.05, 3.63) is 34.4 Å². The summed E-state index contributed by atoms with van der Waals surface area (Å²) in [5, 5.41) is 0.228. The lowest BCUT2D eigenvalue weighted by molar-refractivity contribution is -0.0519. The van der Waals surface area contributed by atoms with Crippen LogP contribution in [0.15, 0.2) is 34.4 Å². The van der Waals surface area contributed by atoms with Crippen LogP contribution in [0.5, 0.6) is 0 Å². The minimum Gasteiger partial charge on any atom is -0.413 e. The Balaban J connectivity index is 1.95. The molecule has 0 N–H and O–H groups in total. The summed E-state index contributed by atoms with van der Waals surface area (Å²) in [6.45, 7) is 20.7. The molecule has 3 aliphatic rings. The van der Waals surface area contributed by atoms with Gasteiger partial charge in [-0.1, -0.05) is 56.3 Å². The van der Waals surface area contributed by atoms with Crippen molar-refractivity contribution in [1.82, 2.24) is 0 Å². The van der Waals surface area contributed by atoms with Crippen LogP contribution in [0.2, 0.25) is 18.1 Å². The number of ether oxygens (including phenoxy) is 2. The maximum atomic E-state index is 7.08. The summed E-state index contributed by atoms with van der Waals surface area (Å²) in [6.07, 6.45) is 10.7. The monoisotopic (exact) mass is 510 g/mol. The Kier molecular flexibility index (Phi) is 7.55. The van der Waals surface area contributed by atoms with Crippen molar-refractivity contribution >= 4 is 24.2 Å². The Morgan fingerprint density at radius 2 is 1.94 bits per heavy atom. The van der Waals surface area contributed by atoms with Crippen LogP contribution in [-0.4, -0.2) is 41.4 Å². The molecular weight excluding hydrogens is 468 g/mol. The van der Waals surface area contributed by atoms with E-state index in [-0.39, 0.29) is 15.9 Å². The lowest BCUT2D eigenvalue weighted by Crippen LogP contribution is -2.52. The Labute approximate surface area is 199 Å². The summed E-state index contributed by atoms with van der Waals surface area (Å²) in [6, 6.07) is 0. The largest absolute Gasteiger partial charge is 0.413 e. The van der Waals surface area contributed by atoms with E-state index in [1.807, 2.05) is 0 Å². The van der Waals surface area contributed by atoms with Crippen LogP contribution >= 0.6 is 15.9 Å². The van der Waals surface area contributed by atoms with Crippen molar-refractivity contribution in [3.63, 3.8) is 0 Å². The number of hydrogen-bond acceptors (Lipinski definition) is 3. The van der Waals surface area contributed by atoms with Crippen molar-refractivity contribution in [2.24, 2.45) is 16.7 Å². The quantitative estimate of drug-likeness (QED) is 0.263. The first-order valence-electron chi connectivity index (χ1n) is 11.9. The van der Waals surface area contributed by atoms with Crippen molar-refractivity contribution in [3.8, 4) is 0 Å². The van der Waals surface area contributed by atoms with Gasteiger partial charge in [0, 0.05) is 17.0 Å². The SMILES string of the molecule is C=C1CC[C@@]2(COCCOC)C(=CC[C@]3(C)[C@@H](O[Si](C)(C)C(C)(C)C)CC[C@@H]23)C=C1Br. The Morgan fingerprint density at radius 3 is 2.58 bits per heavy atom. The standard InChI is InChI=1S/C26H43BrO3Si/c1-19-11-14-26(18-29-16-15-28-6)20(17-21(19)27)12-13-25(5)22(26)9-10-23(25)30-31(7,8)24(2,3)4/h12,17,22-23H,1,9-11,13-16,18H2,2-8H3/t22-,23+,25+,26-/m1/s1. The Morgan fingerprint density at radius 1 is 1.23 bits per heavy atom. The molecule has 0 saturated heterocycles. The second-order valence-electron chi connectivity index (χ2n) is 11.7. The molecule has 3 aliphatic carbocycles. The topological polar surface area (TPSA) is 27.7 Å². The van der Waals surface area contributed by atoms with E-state index in [0.717, 1.165) is 36.8 Å². The van der Waals surface area contributed by atoms with E-state index in [1.165, 1.54) is 17.6 Å². The van der Waals surface area contributed by atoms with Gasteiger partial charge < -0.3 is 13.9 Å². The second-order valence-corrected chi connectivity index (χ2v) is 17.3. The number of halogens is 1. The summed E-state index contributed by atoms with van der Waals surface area (Å²) in [7, 11) is -0.0952. The summed E-state index contributed by atoms with van der Waals surface area (Å²) in [4.78, 5) is 0. The molecule has 0 bridgehead atoms. The summed E-state index contributed by atoms with van der Waals surface area (Å²) in [5.74, 6) is 0.555. The molecule has 3 nitrogen and oxygen atoms in total. The molecule has 0 aromatic carbocycles. The van der Waals surface area contributed by atoms with Gasteiger partial charge in [-0.25, -0.2) is 0 Å². The molecule has 1 saturated carbocycles. The molecule has 0 heterocycles. The lowest BCUT2D eigenvalue weighted by atomic mass is 9.55. The van der Waals surface area contributed by atoms with Gasteiger partial charge in [-0.2, -0.15) is 0 Å². The molecule has 0 unspecified atom stereocenters. The Hall–Kier alpha value is -0.203. The van der Waals surface area contributed by atoms with E-state index in [0.29, 0.717) is 25.2 Å². The molecule has 0 spiro atoms. The molecule has 5 heteroatoms. The molecule has 0 aromatic heterocycles. The van der Waals surface area contributed by atoms with Crippen molar-refractivity contribution in [2.75, 3.05) is 26.9 Å². The molecule has 31 heavy (non-hydrogen) atoms. The fourth-order valence-electron chi connectivity index (χ4n) is 5.75. The van der Waals surface area contributed by atoms with E-state index in [2.05, 4.69) is 75.4 Å². The molecule has 0 amide bonds. The molecule has 1 fully saturated rings. The van der Waals surface area contributed by atoms with Gasteiger partial charge in [0.1, 0.15) is 0 Å². The predicted octanol–water partition coefficient (Wildman–Crippen LogP) is 7.40. The fourth-order valence-corrected chi connectivity index (χ4v) is 7.65. The van der Waals surface area contributed by atoms with Gasteiger partial charge in [0.05, 0.1) is 25.9 Å². The molecule has 176 valence electrons. The number of allylic oxidation sites excluding steroid dienone is 4. The summed E-state index contributed by atoms with van der Waals surface area (Å²) >= 11 is 3.78. The third-order valence-corrected chi connectivity index (χ3v) is 14.1. The highest BCUT2D eigenvalue weighted by molar-refractivity contribution is 9.12. The first-order valence-corrected chi connectivity index (χ1v) is 15.6. The van der Waals surface area contributed by atoms with Gasteiger partial charge in [0.2, 0.25) is 0 Å². The second kappa shape index (κ2) is 9.21. The predicted molar refractivity (Wildman–Crippen MR) is 136 cm³/mol. The highest BCUT2D eigenvalue weighted by Gasteiger charge is 2.60. The van der Waals surface area contributed by atoms with E-state index >= 15 is 0 Å². The normalized spacial score (nSPS) is 34.0. The first-order chi connectivity index (χ1) is 14.4. The maximum absolute atomic E-state index is 7.08. The lowest BCUT2D eigenvalue weighted by Gasteiger charge is -2.53. The first kappa shape index (κ1) is 25.4. The van der Waals surface area contributed by atoms with Crippen molar-refractivity contribution < 1.29 is 13.9 Å². The van der Waals surface area contributed by atoms with Crippen molar-refractivity contribution in [2.45, 2.75) is 84.0 Å². The van der Waals surface area contributed by atoms with Gasteiger partial charge in [0.25, 0.3) is 0 Å². The van der Waals surface area contributed by atoms with Crippen molar-refractivity contribution in [1.29, 1.82) is 0 Å². The molecule has 4 atom stereocenters. The van der Waals surface area contributed by atoms with E-state index in [9.17, 15) is 0 Å². The van der Waals surface area contributed by atoms with Crippen LogP contribution in [0, 0.1) is 16.7 Å². The zero-order chi connectivity index (χ0) is 23.1. The number of hydrogen-bond donors (Lipinski definition) is 0. The van der Waals surface area contributed by atoms with Gasteiger partial charge in [0.15, 0.2) is 8.32 Å². The van der Waals surface area contributed by atoms with Crippen LogP contribution in [0.3, 0.4) is 0 Å². The van der Waals surface area contributed by atoms with Crippen LogP contribution in [-0.2, 0) is 13.9 Å². The molecule has 0 aliphatic heterocycles. The third-order valence-electron chi connectivity index (χ3n) is 8.78. The summed E-state index contributed by atoms with van der Waals surface area (Å²) in [5.41, 5.74) is 2.80. The Bertz CT molecular complexity index is 750. The minimum absolute atomic E-state index is 0.0186. The average Bonchev–Trinajstić information content (AvgIpc) is 2.94. The number of rotatable bonds is 7. The van der Waals surface area contributed by atoms with E-state index in [4.69, 9.17) is 13.9 Å².